The summed E-state index contributed by atoms with van der Waals surface area (Å²) in [5.41, 5.74) is 1.24. The fourth-order valence-electron chi connectivity index (χ4n) is 2.95. The van der Waals surface area contributed by atoms with Crippen LogP contribution in [0.1, 0.15) is 13.3 Å². The highest BCUT2D eigenvalue weighted by atomic mass is 16.3. The number of anilines is 1. The summed E-state index contributed by atoms with van der Waals surface area (Å²) in [4.78, 5) is 30.8. The number of aromatic nitrogens is 2. The number of nitrogens with one attached hydrogen (secondary N) is 3. The van der Waals surface area contributed by atoms with E-state index in [0.29, 0.717) is 24.3 Å². The van der Waals surface area contributed by atoms with Gasteiger partial charge >= 0.3 is 5.69 Å². The van der Waals surface area contributed by atoms with Crippen LogP contribution in [-0.2, 0) is 4.79 Å². The maximum Gasteiger partial charge on any atom is 0.323 e. The van der Waals surface area contributed by atoms with Crippen LogP contribution in [-0.4, -0.2) is 51.1 Å². The summed E-state index contributed by atoms with van der Waals surface area (Å²) in [6.45, 7) is 2.32. The lowest BCUT2D eigenvalue weighted by molar-refractivity contribution is -0.125. The fourth-order valence-corrected chi connectivity index (χ4v) is 2.95. The lowest BCUT2D eigenvalue weighted by Crippen LogP contribution is -2.48. The molecule has 2 unspecified atom stereocenters. The molecule has 2 heterocycles. The molecule has 7 heteroatoms. The van der Waals surface area contributed by atoms with Crippen LogP contribution in [0.3, 0.4) is 0 Å². The van der Waals surface area contributed by atoms with Gasteiger partial charge in [-0.15, -0.1) is 0 Å². The largest absolute Gasteiger partial charge is 0.392 e. The number of hydrogen-bond acceptors (Lipinski definition) is 4. The average Bonchev–Trinajstić information content (AvgIpc) is 3.04. The molecule has 0 saturated carbocycles. The minimum absolute atomic E-state index is 0.139. The Morgan fingerprint density at radius 2 is 2.09 bits per heavy atom. The van der Waals surface area contributed by atoms with Gasteiger partial charge in [0.25, 0.3) is 0 Å². The number of aromatic amines is 2. The third-order valence-electron chi connectivity index (χ3n) is 4.50. The Hall–Kier alpha value is -2.38. The Morgan fingerprint density at radius 1 is 1.39 bits per heavy atom. The van der Waals surface area contributed by atoms with Crippen molar-refractivity contribution in [1.29, 1.82) is 0 Å². The lowest BCUT2D eigenvalue weighted by Gasteiger charge is -2.30. The maximum atomic E-state index is 12.5. The van der Waals surface area contributed by atoms with Crippen molar-refractivity contribution in [2.75, 3.05) is 18.9 Å². The van der Waals surface area contributed by atoms with E-state index in [9.17, 15) is 14.7 Å². The van der Waals surface area contributed by atoms with E-state index in [-0.39, 0.29) is 11.6 Å². The van der Waals surface area contributed by atoms with Gasteiger partial charge < -0.3 is 20.4 Å². The van der Waals surface area contributed by atoms with Crippen molar-refractivity contribution in [3.63, 3.8) is 0 Å². The van der Waals surface area contributed by atoms with Gasteiger partial charge in [0.2, 0.25) is 5.91 Å². The van der Waals surface area contributed by atoms with E-state index in [0.717, 1.165) is 5.56 Å². The van der Waals surface area contributed by atoms with Gasteiger partial charge in [0.15, 0.2) is 0 Å². The van der Waals surface area contributed by atoms with Crippen LogP contribution >= 0.6 is 0 Å². The van der Waals surface area contributed by atoms with Gasteiger partial charge in [-0.2, -0.15) is 0 Å². The molecule has 7 nitrogen and oxygen atoms in total. The predicted octanol–water partition coefficient (Wildman–Crippen LogP) is 0.764. The van der Waals surface area contributed by atoms with Crippen molar-refractivity contribution in [1.82, 2.24) is 14.9 Å². The number of likely N-dealkylation sites (tertiary alicyclic amines) is 1. The van der Waals surface area contributed by atoms with Crippen molar-refractivity contribution in [3.8, 4) is 11.3 Å². The molecule has 1 amide bonds. The first-order chi connectivity index (χ1) is 10.9. The van der Waals surface area contributed by atoms with E-state index in [1.54, 1.807) is 18.3 Å². The molecule has 0 spiro atoms. The maximum absolute atomic E-state index is 12.5. The molecule has 0 aliphatic carbocycles. The standard InChI is InChI=1S/C16H20N4O3/c1-16(7-12(21)9-20(16)2)14(22)18-11-5-3-10(4-6-11)13-8-17-15(23)19-13/h3-6,8,12,21H,7,9H2,1-2H3,(H,18,22)(H2,17,19,23). The molecule has 1 fully saturated rings. The molecule has 2 aromatic rings. The fraction of sp³-hybridized carbons (Fsp3) is 0.375. The molecule has 4 N–H and O–H groups in total. The van der Waals surface area contributed by atoms with Crippen LogP contribution in [0.4, 0.5) is 5.69 Å². The van der Waals surface area contributed by atoms with E-state index >= 15 is 0 Å². The second-order valence-corrected chi connectivity index (χ2v) is 6.20. The number of amides is 1. The molecular formula is C16H20N4O3. The van der Waals surface area contributed by atoms with Gasteiger partial charge in [-0.05, 0) is 31.7 Å². The van der Waals surface area contributed by atoms with Crippen LogP contribution in [0.15, 0.2) is 35.3 Å². The monoisotopic (exact) mass is 316 g/mol. The Kier molecular flexibility index (Phi) is 3.83. The average molecular weight is 316 g/mol. The van der Waals surface area contributed by atoms with E-state index in [2.05, 4.69) is 15.3 Å². The van der Waals surface area contributed by atoms with Crippen LogP contribution in [0.25, 0.3) is 11.3 Å². The zero-order chi connectivity index (χ0) is 16.6. The summed E-state index contributed by atoms with van der Waals surface area (Å²) in [5, 5.41) is 12.6. The number of carbonyl (C=O) groups excluding carboxylic acids is 1. The van der Waals surface area contributed by atoms with Gasteiger partial charge in [0.05, 0.1) is 11.8 Å². The summed E-state index contributed by atoms with van der Waals surface area (Å²) in [6, 6.07) is 7.22. The number of aliphatic hydroxyl groups excluding tert-OH is 1. The van der Waals surface area contributed by atoms with Gasteiger partial charge in [-0.1, -0.05) is 12.1 Å². The molecule has 0 bridgehead atoms. The molecule has 0 radical (unpaired) electrons. The summed E-state index contributed by atoms with van der Waals surface area (Å²) in [6.07, 6.45) is 1.53. The van der Waals surface area contributed by atoms with Crippen molar-refractivity contribution in [2.24, 2.45) is 0 Å². The molecule has 2 atom stereocenters. The minimum Gasteiger partial charge on any atom is -0.392 e. The number of aliphatic hydroxyl groups is 1. The number of nitrogens with zero attached hydrogens (tertiary/aromatic N) is 1. The van der Waals surface area contributed by atoms with Crippen LogP contribution in [0, 0.1) is 0 Å². The Labute approximate surface area is 133 Å². The molecular weight excluding hydrogens is 296 g/mol. The topological polar surface area (TPSA) is 101 Å². The Morgan fingerprint density at radius 3 is 2.61 bits per heavy atom. The zero-order valence-electron chi connectivity index (χ0n) is 13.1. The second kappa shape index (κ2) is 5.68. The molecule has 122 valence electrons. The second-order valence-electron chi connectivity index (χ2n) is 6.20. The first-order valence-electron chi connectivity index (χ1n) is 7.47. The Balaban J connectivity index is 1.73. The predicted molar refractivity (Wildman–Crippen MR) is 87.1 cm³/mol. The number of β-amino-alcohol motifs (C(OH)–C–C–N with tert-alkyl or cyclic N) is 1. The minimum atomic E-state index is -0.718. The summed E-state index contributed by atoms with van der Waals surface area (Å²) in [7, 11) is 1.83. The number of imidazole rings is 1. The van der Waals surface area contributed by atoms with Gasteiger partial charge in [0, 0.05) is 24.8 Å². The van der Waals surface area contributed by atoms with E-state index in [1.807, 2.05) is 31.0 Å². The van der Waals surface area contributed by atoms with Crippen LogP contribution < -0.4 is 11.0 Å². The van der Waals surface area contributed by atoms with Crippen molar-refractivity contribution >= 4 is 11.6 Å². The van der Waals surface area contributed by atoms with Crippen LogP contribution in [0.5, 0.6) is 0 Å². The highest BCUT2D eigenvalue weighted by Crippen LogP contribution is 2.29. The highest BCUT2D eigenvalue weighted by molar-refractivity contribution is 5.98. The third kappa shape index (κ3) is 2.93. The first-order valence-corrected chi connectivity index (χ1v) is 7.47. The van der Waals surface area contributed by atoms with Crippen molar-refractivity contribution in [3.05, 3.63) is 40.9 Å². The van der Waals surface area contributed by atoms with E-state index < -0.39 is 11.6 Å². The highest BCUT2D eigenvalue weighted by Gasteiger charge is 2.45. The summed E-state index contributed by atoms with van der Waals surface area (Å²) in [5.74, 6) is -0.139. The summed E-state index contributed by atoms with van der Waals surface area (Å²) >= 11 is 0. The number of rotatable bonds is 3. The molecule has 1 aliphatic heterocycles. The van der Waals surface area contributed by atoms with Crippen LogP contribution in [0.2, 0.25) is 0 Å². The number of H-pyrrole nitrogens is 2. The Bertz CT molecular complexity index is 764. The molecule has 3 rings (SSSR count). The number of likely N-dealkylation sites (N-methyl/N-ethyl adjacent to an activating group) is 1. The number of benzene rings is 1. The molecule has 23 heavy (non-hydrogen) atoms. The zero-order valence-corrected chi connectivity index (χ0v) is 13.1. The van der Waals surface area contributed by atoms with E-state index in [4.69, 9.17) is 0 Å². The van der Waals surface area contributed by atoms with Gasteiger partial charge in [0.1, 0.15) is 5.54 Å². The summed E-state index contributed by atoms with van der Waals surface area (Å²) < 4.78 is 0. The first kappa shape index (κ1) is 15.5. The van der Waals surface area contributed by atoms with Crippen molar-refractivity contribution < 1.29 is 9.90 Å². The number of carbonyl (C=O) groups is 1. The normalized spacial score (nSPS) is 24.7. The van der Waals surface area contributed by atoms with Gasteiger partial charge in [-0.3, -0.25) is 9.69 Å². The smallest absolute Gasteiger partial charge is 0.323 e. The van der Waals surface area contributed by atoms with E-state index in [1.165, 1.54) is 0 Å². The van der Waals surface area contributed by atoms with Gasteiger partial charge in [-0.25, -0.2) is 4.79 Å². The third-order valence-corrected chi connectivity index (χ3v) is 4.50. The SMILES string of the molecule is CN1CC(O)CC1(C)C(=O)Nc1ccc(-c2c[nH]c(=O)[nH]2)cc1. The molecule has 1 aromatic heterocycles. The lowest BCUT2D eigenvalue weighted by atomic mass is 9.97. The molecule has 1 saturated heterocycles. The van der Waals surface area contributed by atoms with Crippen molar-refractivity contribution in [2.45, 2.75) is 25.0 Å². The quantitative estimate of drug-likeness (QED) is 0.671. The number of hydrogen-bond donors (Lipinski definition) is 4. The molecule has 1 aromatic carbocycles. The molecule has 1 aliphatic rings.